The van der Waals surface area contributed by atoms with Gasteiger partial charge in [0.15, 0.2) is 0 Å². The van der Waals surface area contributed by atoms with Crippen LogP contribution >= 0.6 is 11.6 Å². The lowest BCUT2D eigenvalue weighted by atomic mass is 10.0. The van der Waals surface area contributed by atoms with E-state index in [0.29, 0.717) is 12.4 Å². The Morgan fingerprint density at radius 3 is 2.71 bits per heavy atom. The molecular weight excluding hydrogens is 296 g/mol. The van der Waals surface area contributed by atoms with Crippen molar-refractivity contribution < 1.29 is 8.78 Å². The fourth-order valence-corrected chi connectivity index (χ4v) is 2.47. The standard InChI is InChI=1S/C15H18ClF2N3/c1-3-6-21-7-5-20-15(21)14(19-4-2)10-8-13(18)11(16)9-12(10)17/h5,7-9,14,19H,3-4,6H2,1-2H3. The molecular formula is C15H18ClF2N3. The SMILES string of the molecule is CCCn1ccnc1C(NCC)c1cc(F)c(Cl)cc1F. The summed E-state index contributed by atoms with van der Waals surface area (Å²) in [5, 5.41) is 2.94. The Kier molecular flexibility index (Phi) is 5.31. The van der Waals surface area contributed by atoms with Crippen molar-refractivity contribution in [3.05, 3.63) is 52.6 Å². The minimum atomic E-state index is -0.635. The summed E-state index contributed by atoms with van der Waals surface area (Å²) >= 11 is 5.62. The largest absolute Gasteiger partial charge is 0.333 e. The predicted octanol–water partition coefficient (Wildman–Crippen LogP) is 3.92. The normalized spacial score (nSPS) is 12.6. The van der Waals surface area contributed by atoms with Gasteiger partial charge in [-0.1, -0.05) is 25.4 Å². The maximum atomic E-state index is 14.2. The van der Waals surface area contributed by atoms with Crippen molar-refractivity contribution in [3.63, 3.8) is 0 Å². The van der Waals surface area contributed by atoms with Gasteiger partial charge >= 0.3 is 0 Å². The van der Waals surface area contributed by atoms with Crippen molar-refractivity contribution in [2.45, 2.75) is 32.9 Å². The topological polar surface area (TPSA) is 29.9 Å². The molecule has 0 saturated heterocycles. The van der Waals surface area contributed by atoms with Crippen LogP contribution in [-0.2, 0) is 6.54 Å². The number of benzene rings is 1. The highest BCUT2D eigenvalue weighted by Crippen LogP contribution is 2.27. The van der Waals surface area contributed by atoms with Crippen molar-refractivity contribution in [1.82, 2.24) is 14.9 Å². The predicted molar refractivity (Wildman–Crippen MR) is 79.4 cm³/mol. The Labute approximate surface area is 128 Å². The van der Waals surface area contributed by atoms with Gasteiger partial charge < -0.3 is 9.88 Å². The fraction of sp³-hybridized carbons (Fsp3) is 0.400. The second-order valence-electron chi connectivity index (χ2n) is 4.76. The van der Waals surface area contributed by atoms with Crippen LogP contribution in [0.3, 0.4) is 0 Å². The van der Waals surface area contributed by atoms with E-state index in [2.05, 4.69) is 17.2 Å². The molecule has 1 aromatic carbocycles. The molecule has 0 radical (unpaired) electrons. The first-order valence-electron chi connectivity index (χ1n) is 6.97. The van der Waals surface area contributed by atoms with Crippen molar-refractivity contribution in [3.8, 4) is 0 Å². The van der Waals surface area contributed by atoms with Crippen LogP contribution in [0.2, 0.25) is 5.02 Å². The second-order valence-corrected chi connectivity index (χ2v) is 5.16. The van der Waals surface area contributed by atoms with E-state index in [-0.39, 0.29) is 10.6 Å². The van der Waals surface area contributed by atoms with Crippen LogP contribution in [0.4, 0.5) is 8.78 Å². The summed E-state index contributed by atoms with van der Waals surface area (Å²) in [6.07, 6.45) is 4.44. The van der Waals surface area contributed by atoms with Crippen molar-refractivity contribution in [2.75, 3.05) is 6.54 Å². The zero-order chi connectivity index (χ0) is 15.4. The van der Waals surface area contributed by atoms with Gasteiger partial charge in [0.25, 0.3) is 0 Å². The molecule has 114 valence electrons. The van der Waals surface area contributed by atoms with Crippen LogP contribution in [0.5, 0.6) is 0 Å². The van der Waals surface area contributed by atoms with Crippen molar-refractivity contribution >= 4 is 11.6 Å². The van der Waals surface area contributed by atoms with E-state index < -0.39 is 17.7 Å². The third-order valence-corrected chi connectivity index (χ3v) is 3.52. The van der Waals surface area contributed by atoms with Gasteiger partial charge in [0, 0.05) is 24.5 Å². The van der Waals surface area contributed by atoms with Gasteiger partial charge in [0.1, 0.15) is 17.5 Å². The number of halogens is 3. The van der Waals surface area contributed by atoms with E-state index >= 15 is 0 Å². The molecule has 6 heteroatoms. The number of imidazole rings is 1. The van der Waals surface area contributed by atoms with E-state index in [0.717, 1.165) is 25.1 Å². The van der Waals surface area contributed by atoms with Crippen molar-refractivity contribution in [2.24, 2.45) is 0 Å². The summed E-state index contributed by atoms with van der Waals surface area (Å²) in [6, 6.07) is 1.63. The molecule has 1 N–H and O–H groups in total. The van der Waals surface area contributed by atoms with E-state index in [1.54, 1.807) is 6.20 Å². The van der Waals surface area contributed by atoms with Gasteiger partial charge in [-0.15, -0.1) is 0 Å². The minimum Gasteiger partial charge on any atom is -0.333 e. The Bertz CT molecular complexity index is 613. The highest BCUT2D eigenvalue weighted by Gasteiger charge is 2.23. The van der Waals surface area contributed by atoms with Gasteiger partial charge in [-0.25, -0.2) is 13.8 Å². The third kappa shape index (κ3) is 3.41. The lowest BCUT2D eigenvalue weighted by Crippen LogP contribution is -2.26. The molecule has 0 aliphatic carbocycles. The molecule has 0 aliphatic heterocycles. The third-order valence-electron chi connectivity index (χ3n) is 3.23. The highest BCUT2D eigenvalue weighted by molar-refractivity contribution is 6.30. The molecule has 1 unspecified atom stereocenters. The summed E-state index contributed by atoms with van der Waals surface area (Å²) in [4.78, 5) is 4.30. The first-order chi connectivity index (χ1) is 10.1. The van der Waals surface area contributed by atoms with Gasteiger partial charge in [-0.3, -0.25) is 0 Å². The Hall–Kier alpha value is -1.46. The average Bonchev–Trinajstić information content (AvgIpc) is 2.89. The number of hydrogen-bond donors (Lipinski definition) is 1. The number of rotatable bonds is 6. The number of aryl methyl sites for hydroxylation is 1. The zero-order valence-electron chi connectivity index (χ0n) is 12.0. The summed E-state index contributed by atoms with van der Waals surface area (Å²) in [5.41, 5.74) is 0.210. The van der Waals surface area contributed by atoms with Crippen LogP contribution in [0.15, 0.2) is 24.5 Å². The molecule has 2 rings (SSSR count). The summed E-state index contributed by atoms with van der Waals surface area (Å²) in [7, 11) is 0. The lowest BCUT2D eigenvalue weighted by Gasteiger charge is -2.20. The van der Waals surface area contributed by atoms with Crippen molar-refractivity contribution in [1.29, 1.82) is 0 Å². The number of hydrogen-bond acceptors (Lipinski definition) is 2. The maximum absolute atomic E-state index is 14.2. The second kappa shape index (κ2) is 7.00. The van der Waals surface area contributed by atoms with Crippen LogP contribution in [-0.4, -0.2) is 16.1 Å². The smallest absolute Gasteiger partial charge is 0.142 e. The Morgan fingerprint density at radius 2 is 2.05 bits per heavy atom. The summed E-state index contributed by atoms with van der Waals surface area (Å²) in [5.74, 6) is -0.512. The van der Waals surface area contributed by atoms with Gasteiger partial charge in [-0.05, 0) is 25.1 Å². The van der Waals surface area contributed by atoms with Crippen LogP contribution < -0.4 is 5.32 Å². The lowest BCUT2D eigenvalue weighted by molar-refractivity contribution is 0.508. The van der Waals surface area contributed by atoms with Gasteiger partial charge in [0.05, 0.1) is 11.1 Å². The molecule has 21 heavy (non-hydrogen) atoms. The average molecular weight is 314 g/mol. The molecule has 0 spiro atoms. The zero-order valence-corrected chi connectivity index (χ0v) is 12.8. The minimum absolute atomic E-state index is 0.210. The van der Waals surface area contributed by atoms with E-state index in [9.17, 15) is 8.78 Å². The van der Waals surface area contributed by atoms with Gasteiger partial charge in [0.2, 0.25) is 0 Å². The van der Waals surface area contributed by atoms with Gasteiger partial charge in [-0.2, -0.15) is 0 Å². The maximum Gasteiger partial charge on any atom is 0.142 e. The number of nitrogens with one attached hydrogen (secondary N) is 1. The molecule has 0 amide bonds. The first kappa shape index (κ1) is 15.9. The quantitative estimate of drug-likeness (QED) is 0.819. The highest BCUT2D eigenvalue weighted by atomic mass is 35.5. The molecule has 2 aromatic rings. The number of nitrogens with zero attached hydrogens (tertiary/aromatic N) is 2. The molecule has 1 heterocycles. The molecule has 0 bridgehead atoms. The fourth-order valence-electron chi connectivity index (χ4n) is 2.31. The molecule has 0 aliphatic rings. The molecule has 0 saturated carbocycles. The molecule has 1 atom stereocenters. The van der Waals surface area contributed by atoms with Crippen LogP contribution in [0.25, 0.3) is 0 Å². The summed E-state index contributed by atoms with van der Waals surface area (Å²) in [6.45, 7) is 5.33. The summed E-state index contributed by atoms with van der Waals surface area (Å²) < 4.78 is 29.8. The Balaban J connectivity index is 2.48. The molecule has 1 aromatic heterocycles. The van der Waals surface area contributed by atoms with E-state index in [4.69, 9.17) is 11.6 Å². The monoisotopic (exact) mass is 313 g/mol. The Morgan fingerprint density at radius 1 is 1.29 bits per heavy atom. The van der Waals surface area contributed by atoms with Crippen LogP contribution in [0, 0.1) is 11.6 Å². The van der Waals surface area contributed by atoms with E-state index in [1.165, 1.54) is 0 Å². The molecule has 0 fully saturated rings. The molecule has 3 nitrogen and oxygen atoms in total. The van der Waals surface area contributed by atoms with E-state index in [1.807, 2.05) is 17.7 Å². The number of aromatic nitrogens is 2. The first-order valence-corrected chi connectivity index (χ1v) is 7.35. The van der Waals surface area contributed by atoms with Crippen LogP contribution in [0.1, 0.15) is 37.7 Å².